The molecule has 0 spiro atoms. The van der Waals surface area contributed by atoms with E-state index in [0.717, 1.165) is 23.3 Å². The third-order valence-corrected chi connectivity index (χ3v) is 4.91. The summed E-state index contributed by atoms with van der Waals surface area (Å²) in [6, 6.07) is 6.57. The van der Waals surface area contributed by atoms with Gasteiger partial charge in [0.1, 0.15) is 6.54 Å². The van der Waals surface area contributed by atoms with Crippen LogP contribution in [0.3, 0.4) is 0 Å². The van der Waals surface area contributed by atoms with Gasteiger partial charge in [0.05, 0.1) is 24.4 Å². The van der Waals surface area contributed by atoms with E-state index in [-0.39, 0.29) is 25.3 Å². The standard InChI is InChI=1S/C23H23F2N3O4/c1-4-32-23(31)11-16-10-22(30)28(20-8-14(3)13(2)7-19(20)26-16)12-21(29)27-15-5-6-17(24)18(25)9-15/h5-10,26H,4,11-12H2,1-3H3,(H,27,29). The molecule has 9 heteroatoms. The fraction of sp³-hybridized carbons (Fsp3) is 0.261. The highest BCUT2D eigenvalue weighted by Gasteiger charge is 2.26. The van der Waals surface area contributed by atoms with Crippen LogP contribution in [0, 0.1) is 25.5 Å². The van der Waals surface area contributed by atoms with Crippen molar-refractivity contribution in [2.24, 2.45) is 0 Å². The SMILES string of the molecule is CCOC(=O)CC1=CC(=O)N(CC(=O)Nc2ccc(F)c(F)c2)c2cc(C)c(C)cc2N1. The van der Waals surface area contributed by atoms with E-state index in [4.69, 9.17) is 4.74 Å². The predicted molar refractivity (Wildman–Crippen MR) is 116 cm³/mol. The van der Waals surface area contributed by atoms with Gasteiger partial charge in [-0.2, -0.15) is 0 Å². The first-order valence-electron chi connectivity index (χ1n) is 9.98. The lowest BCUT2D eigenvalue weighted by molar-refractivity contribution is -0.142. The molecular weight excluding hydrogens is 420 g/mol. The molecule has 2 amide bonds. The molecule has 1 heterocycles. The Bertz CT molecular complexity index is 1110. The fourth-order valence-corrected chi connectivity index (χ4v) is 3.22. The molecule has 0 aromatic heterocycles. The van der Waals surface area contributed by atoms with Crippen molar-refractivity contribution in [1.82, 2.24) is 0 Å². The van der Waals surface area contributed by atoms with Crippen LogP contribution >= 0.6 is 0 Å². The molecule has 0 saturated heterocycles. The lowest BCUT2D eigenvalue weighted by Crippen LogP contribution is -2.37. The van der Waals surface area contributed by atoms with Gasteiger partial charge in [-0.15, -0.1) is 0 Å². The average Bonchev–Trinajstić information content (AvgIpc) is 2.82. The van der Waals surface area contributed by atoms with E-state index in [0.29, 0.717) is 17.1 Å². The van der Waals surface area contributed by atoms with E-state index in [1.165, 1.54) is 17.0 Å². The zero-order valence-corrected chi connectivity index (χ0v) is 17.9. The van der Waals surface area contributed by atoms with Gasteiger partial charge in [-0.1, -0.05) is 0 Å². The number of esters is 1. The van der Waals surface area contributed by atoms with Crippen LogP contribution in [0.5, 0.6) is 0 Å². The molecular formula is C23H23F2N3O4. The molecule has 0 bridgehead atoms. The molecule has 3 rings (SSSR count). The molecule has 32 heavy (non-hydrogen) atoms. The summed E-state index contributed by atoms with van der Waals surface area (Å²) in [5.41, 5.74) is 3.25. The van der Waals surface area contributed by atoms with E-state index in [1.807, 2.05) is 19.9 Å². The van der Waals surface area contributed by atoms with Gasteiger partial charge in [-0.3, -0.25) is 19.3 Å². The molecule has 0 atom stereocenters. The third kappa shape index (κ3) is 5.29. The number of benzene rings is 2. The maximum absolute atomic E-state index is 13.4. The molecule has 0 aliphatic carbocycles. The summed E-state index contributed by atoms with van der Waals surface area (Å²) >= 11 is 0. The highest BCUT2D eigenvalue weighted by molar-refractivity contribution is 6.10. The van der Waals surface area contributed by atoms with Crippen molar-refractivity contribution < 1.29 is 27.9 Å². The molecule has 0 radical (unpaired) electrons. The number of rotatable bonds is 6. The van der Waals surface area contributed by atoms with Crippen LogP contribution in [0.25, 0.3) is 0 Å². The Labute approximate surface area is 184 Å². The van der Waals surface area contributed by atoms with Crippen molar-refractivity contribution in [3.63, 3.8) is 0 Å². The van der Waals surface area contributed by atoms with Crippen molar-refractivity contribution in [3.05, 3.63) is 64.9 Å². The van der Waals surface area contributed by atoms with E-state index in [1.54, 1.807) is 13.0 Å². The number of halogens is 2. The Hall–Kier alpha value is -3.75. The molecule has 0 saturated carbocycles. The molecule has 2 aromatic carbocycles. The summed E-state index contributed by atoms with van der Waals surface area (Å²) < 4.78 is 31.5. The van der Waals surface area contributed by atoms with Gasteiger partial charge in [0.2, 0.25) is 5.91 Å². The number of nitrogens with one attached hydrogen (secondary N) is 2. The largest absolute Gasteiger partial charge is 0.466 e. The summed E-state index contributed by atoms with van der Waals surface area (Å²) in [5, 5.41) is 5.55. The molecule has 1 aliphatic rings. The first-order valence-corrected chi connectivity index (χ1v) is 9.98. The second-order valence-corrected chi connectivity index (χ2v) is 7.33. The molecule has 0 unspecified atom stereocenters. The van der Waals surface area contributed by atoms with E-state index < -0.39 is 29.4 Å². The Kier molecular flexibility index (Phi) is 6.87. The number of amides is 2. The summed E-state index contributed by atoms with van der Waals surface area (Å²) in [5.74, 6) is -3.74. The smallest absolute Gasteiger partial charge is 0.311 e. The molecule has 7 nitrogen and oxygen atoms in total. The molecule has 0 fully saturated rings. The normalized spacial score (nSPS) is 13.0. The number of carbonyl (C=O) groups excluding carboxylic acids is 3. The highest BCUT2D eigenvalue weighted by Crippen LogP contribution is 2.33. The second kappa shape index (κ2) is 9.59. The van der Waals surface area contributed by atoms with Gasteiger partial charge in [0.25, 0.3) is 5.91 Å². The number of ether oxygens (including phenoxy) is 1. The molecule has 2 N–H and O–H groups in total. The monoisotopic (exact) mass is 443 g/mol. The molecule has 168 valence electrons. The number of hydrogen-bond donors (Lipinski definition) is 2. The maximum atomic E-state index is 13.4. The predicted octanol–water partition coefficient (Wildman–Crippen LogP) is 3.82. The molecule has 1 aliphatic heterocycles. The van der Waals surface area contributed by atoms with Crippen molar-refractivity contribution in [3.8, 4) is 0 Å². The van der Waals surface area contributed by atoms with Gasteiger partial charge in [0.15, 0.2) is 11.6 Å². The third-order valence-electron chi connectivity index (χ3n) is 4.91. The van der Waals surface area contributed by atoms with Crippen molar-refractivity contribution >= 4 is 34.8 Å². The first-order chi connectivity index (χ1) is 15.2. The van der Waals surface area contributed by atoms with Crippen LogP contribution in [0.15, 0.2) is 42.1 Å². The Balaban J connectivity index is 1.89. The quantitative estimate of drug-likeness (QED) is 0.663. The van der Waals surface area contributed by atoms with Crippen LogP contribution in [-0.2, 0) is 19.1 Å². The number of nitrogens with zero attached hydrogens (tertiary/aromatic N) is 1. The lowest BCUT2D eigenvalue weighted by atomic mass is 10.1. The second-order valence-electron chi connectivity index (χ2n) is 7.33. The van der Waals surface area contributed by atoms with Crippen molar-refractivity contribution in [2.75, 3.05) is 28.7 Å². The maximum Gasteiger partial charge on any atom is 0.311 e. The molecule has 2 aromatic rings. The summed E-state index contributed by atoms with van der Waals surface area (Å²) in [6.07, 6.45) is 1.10. The van der Waals surface area contributed by atoms with Crippen LogP contribution in [0.1, 0.15) is 24.5 Å². The minimum atomic E-state index is -1.10. The zero-order chi connectivity index (χ0) is 23.4. The van der Waals surface area contributed by atoms with Gasteiger partial charge < -0.3 is 15.4 Å². The Morgan fingerprint density at radius 2 is 1.81 bits per heavy atom. The summed E-state index contributed by atoms with van der Waals surface area (Å²) in [7, 11) is 0. The van der Waals surface area contributed by atoms with Gasteiger partial charge >= 0.3 is 5.97 Å². The van der Waals surface area contributed by atoms with Gasteiger partial charge in [0, 0.05) is 23.5 Å². The van der Waals surface area contributed by atoms with Crippen LogP contribution < -0.4 is 15.5 Å². The first kappa shape index (κ1) is 22.9. The van der Waals surface area contributed by atoms with Crippen LogP contribution in [0.4, 0.5) is 25.8 Å². The number of hydrogen-bond acceptors (Lipinski definition) is 5. The van der Waals surface area contributed by atoms with Crippen LogP contribution in [-0.4, -0.2) is 30.9 Å². The average molecular weight is 443 g/mol. The highest BCUT2D eigenvalue weighted by atomic mass is 19.2. The minimum absolute atomic E-state index is 0.0631. The van der Waals surface area contributed by atoms with E-state index >= 15 is 0 Å². The van der Waals surface area contributed by atoms with Crippen molar-refractivity contribution in [1.29, 1.82) is 0 Å². The fourth-order valence-electron chi connectivity index (χ4n) is 3.22. The lowest BCUT2D eigenvalue weighted by Gasteiger charge is -2.23. The van der Waals surface area contributed by atoms with Crippen molar-refractivity contribution in [2.45, 2.75) is 27.2 Å². The van der Waals surface area contributed by atoms with E-state index in [2.05, 4.69) is 10.6 Å². The van der Waals surface area contributed by atoms with Gasteiger partial charge in [-0.25, -0.2) is 8.78 Å². The number of carbonyl (C=O) groups is 3. The topological polar surface area (TPSA) is 87.7 Å². The number of fused-ring (bicyclic) bond motifs is 1. The summed E-state index contributed by atoms with van der Waals surface area (Å²) in [6.45, 7) is 5.30. The number of anilines is 3. The van der Waals surface area contributed by atoms with Gasteiger partial charge in [-0.05, 0) is 56.2 Å². The summed E-state index contributed by atoms with van der Waals surface area (Å²) in [4.78, 5) is 38.8. The minimum Gasteiger partial charge on any atom is -0.466 e. The zero-order valence-electron chi connectivity index (χ0n) is 17.9. The van der Waals surface area contributed by atoms with Crippen LogP contribution in [0.2, 0.25) is 0 Å². The number of aryl methyl sites for hydroxylation is 2. The Morgan fingerprint density at radius 3 is 2.50 bits per heavy atom. The Morgan fingerprint density at radius 1 is 1.09 bits per heavy atom. The van der Waals surface area contributed by atoms with E-state index in [9.17, 15) is 23.2 Å².